The summed E-state index contributed by atoms with van der Waals surface area (Å²) in [5.41, 5.74) is 0.616. The zero-order valence-corrected chi connectivity index (χ0v) is 13.9. The Morgan fingerprint density at radius 2 is 1.80 bits per heavy atom. The number of ether oxygens (including phenoxy) is 1. The third-order valence-electron chi connectivity index (χ3n) is 3.78. The number of alkyl halides is 2. The number of nitrogens with one attached hydrogen (secondary N) is 1. The van der Waals surface area contributed by atoms with Gasteiger partial charge in [-0.3, -0.25) is 9.69 Å². The van der Waals surface area contributed by atoms with Gasteiger partial charge < -0.3 is 10.1 Å². The van der Waals surface area contributed by atoms with Crippen LogP contribution in [0, 0.1) is 5.82 Å². The van der Waals surface area contributed by atoms with Crippen molar-refractivity contribution in [1.82, 2.24) is 4.90 Å². The summed E-state index contributed by atoms with van der Waals surface area (Å²) in [5.74, 6) is -0.878. The Kier molecular flexibility index (Phi) is 6.41. The van der Waals surface area contributed by atoms with Crippen LogP contribution >= 0.6 is 0 Å². The van der Waals surface area contributed by atoms with E-state index in [1.165, 1.54) is 24.3 Å². The van der Waals surface area contributed by atoms with Crippen LogP contribution in [-0.2, 0) is 11.3 Å². The number of benzene rings is 2. The molecule has 1 unspecified atom stereocenters. The number of hydrogen-bond donors (Lipinski definition) is 1. The summed E-state index contributed by atoms with van der Waals surface area (Å²) in [6.45, 7) is -1.11. The van der Waals surface area contributed by atoms with E-state index < -0.39 is 18.6 Å². The maximum Gasteiger partial charge on any atom is 0.387 e. The predicted octanol–water partition coefficient (Wildman–Crippen LogP) is 3.89. The normalized spacial score (nSPS) is 12.3. The molecule has 0 saturated heterocycles. The highest BCUT2D eigenvalue weighted by Gasteiger charge is 2.21. The van der Waals surface area contributed by atoms with Crippen molar-refractivity contribution in [3.05, 3.63) is 59.9 Å². The van der Waals surface area contributed by atoms with Gasteiger partial charge in [0.05, 0.1) is 11.7 Å². The Morgan fingerprint density at radius 3 is 2.48 bits per heavy atom. The number of anilines is 1. The van der Waals surface area contributed by atoms with E-state index in [9.17, 15) is 18.0 Å². The molecule has 2 aromatic carbocycles. The quantitative estimate of drug-likeness (QED) is 0.822. The number of carbonyl (C=O) groups is 1. The molecule has 0 radical (unpaired) electrons. The second-order valence-electron chi connectivity index (χ2n) is 5.55. The molecule has 2 aromatic rings. The number of rotatable bonds is 7. The first-order valence-corrected chi connectivity index (χ1v) is 7.67. The fourth-order valence-corrected chi connectivity index (χ4v) is 2.24. The maximum atomic E-state index is 13.7. The first-order chi connectivity index (χ1) is 11.9. The number of carbonyl (C=O) groups excluding carboxylic acids is 1. The van der Waals surface area contributed by atoms with E-state index in [0.29, 0.717) is 5.56 Å². The van der Waals surface area contributed by atoms with E-state index in [-0.39, 0.29) is 23.8 Å². The molecule has 0 fully saturated rings. The third-order valence-corrected chi connectivity index (χ3v) is 3.78. The van der Waals surface area contributed by atoms with E-state index in [0.717, 1.165) is 0 Å². The van der Waals surface area contributed by atoms with Crippen molar-refractivity contribution in [2.45, 2.75) is 26.1 Å². The van der Waals surface area contributed by atoms with Crippen molar-refractivity contribution in [2.75, 3.05) is 12.4 Å². The van der Waals surface area contributed by atoms with Gasteiger partial charge in [0.15, 0.2) is 0 Å². The molecule has 0 heterocycles. The van der Waals surface area contributed by atoms with E-state index in [4.69, 9.17) is 0 Å². The third kappa shape index (κ3) is 5.22. The minimum Gasteiger partial charge on any atom is -0.433 e. The van der Waals surface area contributed by atoms with Gasteiger partial charge in [-0.05, 0) is 32.2 Å². The van der Waals surface area contributed by atoms with Crippen LogP contribution in [-0.4, -0.2) is 30.5 Å². The van der Waals surface area contributed by atoms with Crippen LogP contribution in [0.25, 0.3) is 0 Å². The fourth-order valence-electron chi connectivity index (χ4n) is 2.24. The Hall–Kier alpha value is -2.54. The van der Waals surface area contributed by atoms with Crippen LogP contribution in [0.3, 0.4) is 0 Å². The van der Waals surface area contributed by atoms with E-state index >= 15 is 0 Å². The molecule has 25 heavy (non-hydrogen) atoms. The van der Waals surface area contributed by atoms with E-state index in [1.807, 2.05) is 0 Å². The van der Waals surface area contributed by atoms with Crippen LogP contribution in [0.15, 0.2) is 48.5 Å². The van der Waals surface area contributed by atoms with Gasteiger partial charge in [0.2, 0.25) is 5.91 Å². The Balaban J connectivity index is 2.04. The predicted molar refractivity (Wildman–Crippen MR) is 89.0 cm³/mol. The second-order valence-corrected chi connectivity index (χ2v) is 5.55. The van der Waals surface area contributed by atoms with Crippen LogP contribution in [0.2, 0.25) is 0 Å². The molecule has 4 nitrogen and oxygen atoms in total. The molecule has 0 aromatic heterocycles. The lowest BCUT2D eigenvalue weighted by Crippen LogP contribution is -2.39. The number of para-hydroxylation sites is 2. The molecule has 0 spiro atoms. The molecule has 134 valence electrons. The highest BCUT2D eigenvalue weighted by atomic mass is 19.3. The lowest BCUT2D eigenvalue weighted by Gasteiger charge is -2.24. The molecule has 0 saturated carbocycles. The van der Waals surface area contributed by atoms with Crippen molar-refractivity contribution in [1.29, 1.82) is 0 Å². The lowest BCUT2D eigenvalue weighted by atomic mass is 10.1. The number of halogens is 3. The zero-order chi connectivity index (χ0) is 18.4. The zero-order valence-electron chi connectivity index (χ0n) is 13.9. The first kappa shape index (κ1) is 18.8. The van der Waals surface area contributed by atoms with Gasteiger partial charge in [-0.25, -0.2) is 4.39 Å². The van der Waals surface area contributed by atoms with Crippen molar-refractivity contribution >= 4 is 11.6 Å². The second kappa shape index (κ2) is 8.53. The standard InChI is InChI=1S/C18H19F3N2O2/c1-12(23(2)11-13-7-3-4-8-14(13)19)17(24)22-15-9-5-6-10-16(15)25-18(20)21/h3-10,12,18H,11H2,1-2H3,(H,22,24). The molecule has 0 aliphatic heterocycles. The molecule has 1 atom stereocenters. The van der Waals surface area contributed by atoms with Crippen LogP contribution in [0.5, 0.6) is 5.75 Å². The minimum atomic E-state index is -2.99. The Labute approximate surface area is 144 Å². The Bertz CT molecular complexity index is 725. The highest BCUT2D eigenvalue weighted by molar-refractivity contribution is 5.95. The number of amides is 1. The molecular formula is C18H19F3N2O2. The molecule has 1 N–H and O–H groups in total. The molecule has 0 aliphatic carbocycles. The average molecular weight is 352 g/mol. The van der Waals surface area contributed by atoms with E-state index in [1.54, 1.807) is 43.1 Å². The van der Waals surface area contributed by atoms with Crippen molar-refractivity contribution in [3.63, 3.8) is 0 Å². The SMILES string of the molecule is CC(C(=O)Nc1ccccc1OC(F)F)N(C)Cc1ccccc1F. The van der Waals surface area contributed by atoms with Crippen molar-refractivity contribution in [3.8, 4) is 5.75 Å². The summed E-state index contributed by atoms with van der Waals surface area (Å²) in [4.78, 5) is 14.0. The summed E-state index contributed by atoms with van der Waals surface area (Å²) in [6.07, 6.45) is 0. The Morgan fingerprint density at radius 1 is 1.16 bits per heavy atom. The maximum absolute atomic E-state index is 13.7. The molecular weight excluding hydrogens is 333 g/mol. The molecule has 0 bridgehead atoms. The van der Waals surface area contributed by atoms with Crippen LogP contribution < -0.4 is 10.1 Å². The average Bonchev–Trinajstić information content (AvgIpc) is 2.57. The van der Waals surface area contributed by atoms with Gasteiger partial charge in [0.25, 0.3) is 0 Å². The van der Waals surface area contributed by atoms with Gasteiger partial charge >= 0.3 is 6.61 Å². The highest BCUT2D eigenvalue weighted by Crippen LogP contribution is 2.25. The molecule has 2 rings (SSSR count). The van der Waals surface area contributed by atoms with Crippen molar-refractivity contribution in [2.24, 2.45) is 0 Å². The van der Waals surface area contributed by atoms with Crippen LogP contribution in [0.1, 0.15) is 12.5 Å². The fraction of sp³-hybridized carbons (Fsp3) is 0.278. The summed E-state index contributed by atoms with van der Waals surface area (Å²) < 4.78 is 43.0. The number of nitrogens with zero attached hydrogens (tertiary/aromatic N) is 1. The summed E-state index contributed by atoms with van der Waals surface area (Å²) in [5, 5.41) is 2.56. The summed E-state index contributed by atoms with van der Waals surface area (Å²) in [6, 6.07) is 11.6. The monoisotopic (exact) mass is 352 g/mol. The smallest absolute Gasteiger partial charge is 0.387 e. The molecule has 1 amide bonds. The number of likely N-dealkylation sites (N-methyl/N-ethyl adjacent to an activating group) is 1. The first-order valence-electron chi connectivity index (χ1n) is 7.67. The largest absolute Gasteiger partial charge is 0.433 e. The molecule has 7 heteroatoms. The van der Waals surface area contributed by atoms with E-state index in [2.05, 4.69) is 10.1 Å². The van der Waals surface area contributed by atoms with Gasteiger partial charge in [-0.1, -0.05) is 30.3 Å². The summed E-state index contributed by atoms with van der Waals surface area (Å²) >= 11 is 0. The minimum absolute atomic E-state index is 0.116. The lowest BCUT2D eigenvalue weighted by molar-refractivity contribution is -0.120. The van der Waals surface area contributed by atoms with Gasteiger partial charge in [-0.2, -0.15) is 8.78 Å². The number of hydrogen-bond acceptors (Lipinski definition) is 3. The van der Waals surface area contributed by atoms with Crippen LogP contribution in [0.4, 0.5) is 18.9 Å². The van der Waals surface area contributed by atoms with Gasteiger partial charge in [0, 0.05) is 12.1 Å². The van der Waals surface area contributed by atoms with Gasteiger partial charge in [-0.15, -0.1) is 0 Å². The molecule has 0 aliphatic rings. The van der Waals surface area contributed by atoms with Crippen molar-refractivity contribution < 1.29 is 22.7 Å². The van der Waals surface area contributed by atoms with Gasteiger partial charge in [0.1, 0.15) is 11.6 Å². The topological polar surface area (TPSA) is 41.6 Å². The summed E-state index contributed by atoms with van der Waals surface area (Å²) in [7, 11) is 1.68.